The number of benzene rings is 11. The van der Waals surface area contributed by atoms with E-state index in [0.29, 0.717) is 0 Å². The van der Waals surface area contributed by atoms with Crippen LogP contribution in [0.4, 0.5) is 34.1 Å². The normalized spacial score (nSPS) is 16.5. The summed E-state index contributed by atoms with van der Waals surface area (Å²) in [5, 5.41) is 2.57. The molecule has 102 heavy (non-hydrogen) atoms. The van der Waals surface area contributed by atoms with E-state index in [4.69, 9.17) is 0 Å². The van der Waals surface area contributed by atoms with Crippen molar-refractivity contribution in [1.29, 1.82) is 0 Å². The molecule has 0 saturated heterocycles. The minimum absolute atomic E-state index is 0.00392. The fourth-order valence-corrected chi connectivity index (χ4v) is 17.7. The van der Waals surface area contributed by atoms with Crippen LogP contribution in [0.5, 0.6) is 0 Å². The van der Waals surface area contributed by atoms with Gasteiger partial charge in [-0.1, -0.05) is 278 Å². The molecule has 0 bridgehead atoms. The lowest BCUT2D eigenvalue weighted by Crippen LogP contribution is -2.61. The Bertz CT molecular complexity index is 5280. The second-order valence-corrected chi connectivity index (χ2v) is 37.7. The molecule has 0 radical (unpaired) electrons. The van der Waals surface area contributed by atoms with Crippen molar-refractivity contribution in [2.75, 3.05) is 9.80 Å². The lowest BCUT2D eigenvalue weighted by atomic mass is 9.33. The van der Waals surface area contributed by atoms with Crippen LogP contribution in [0.3, 0.4) is 0 Å². The average molecular weight is 1330 g/mol. The first-order chi connectivity index (χ1) is 48.0. The van der Waals surface area contributed by atoms with E-state index in [0.717, 1.165) is 17.1 Å². The van der Waals surface area contributed by atoms with Crippen LogP contribution in [0.25, 0.3) is 72.0 Å². The number of nitrogens with zero attached hydrogens (tertiary/aromatic N) is 3. The Balaban J connectivity index is 0.963. The molecule has 1 aromatic heterocycles. The Kier molecular flexibility index (Phi) is 15.3. The standard InChI is InChI=1S/C98H104BN3/c1-91(2,3)69-32-21-61(22-33-69)67-31-46-86-83(55-67)99-82-45-42-75(102-84-47-36-71(93(7,8)9)58-76(84)77-59-72(94(10,11)12)37-48-85(77)102)60-87(82)101(74-40-27-63(28-41-74)66-30-44-79-81(54-66)98(19,20)52-50-96(79,15)16)89-57-68(64-23-34-70(35-24-64)92(4,5)6)56-88(90(89)99)100(86)73-38-25-62(26-39-73)65-29-43-78-80(53-65)97(17,18)51-49-95(78,13)14/h21-48,53-60H,49-52H2,1-20H3. The van der Waals surface area contributed by atoms with Crippen LogP contribution in [-0.2, 0) is 43.3 Å². The summed E-state index contributed by atoms with van der Waals surface area (Å²) in [6.45, 7) is 47.2. The average Bonchev–Trinajstić information content (AvgIpc) is 0.741. The summed E-state index contributed by atoms with van der Waals surface area (Å²) >= 11 is 0. The maximum atomic E-state index is 2.65. The number of hydrogen-bond acceptors (Lipinski definition) is 2. The van der Waals surface area contributed by atoms with Crippen LogP contribution in [-0.4, -0.2) is 11.3 Å². The Labute approximate surface area is 610 Å². The second-order valence-electron chi connectivity index (χ2n) is 37.7. The zero-order valence-corrected chi connectivity index (χ0v) is 64.5. The van der Waals surface area contributed by atoms with Crippen LogP contribution < -0.4 is 26.2 Å². The summed E-state index contributed by atoms with van der Waals surface area (Å²) in [6, 6.07) is 87.1. The van der Waals surface area contributed by atoms with Gasteiger partial charge in [-0.3, -0.25) is 0 Å². The van der Waals surface area contributed by atoms with Crippen LogP contribution in [0.15, 0.2) is 218 Å². The molecule has 3 heterocycles. The molecule has 0 saturated carbocycles. The molecule has 2 aliphatic heterocycles. The molecule has 514 valence electrons. The van der Waals surface area contributed by atoms with Gasteiger partial charge in [0.1, 0.15) is 0 Å². The molecular formula is C98H104BN3. The lowest BCUT2D eigenvalue weighted by Gasteiger charge is -2.45. The summed E-state index contributed by atoms with van der Waals surface area (Å²) in [5.74, 6) is 0. The van der Waals surface area contributed by atoms with Crippen molar-refractivity contribution in [2.45, 2.75) is 207 Å². The van der Waals surface area contributed by atoms with Crippen molar-refractivity contribution in [2.24, 2.45) is 0 Å². The monoisotopic (exact) mass is 1330 g/mol. The molecule has 2 aliphatic carbocycles. The van der Waals surface area contributed by atoms with Gasteiger partial charge >= 0.3 is 0 Å². The van der Waals surface area contributed by atoms with E-state index in [1.54, 1.807) is 0 Å². The van der Waals surface area contributed by atoms with Crippen molar-refractivity contribution in [3.63, 3.8) is 0 Å². The van der Waals surface area contributed by atoms with Gasteiger partial charge in [0.15, 0.2) is 0 Å². The van der Waals surface area contributed by atoms with E-state index in [2.05, 4.69) is 371 Å². The van der Waals surface area contributed by atoms with E-state index in [-0.39, 0.29) is 50.0 Å². The topological polar surface area (TPSA) is 11.4 Å². The van der Waals surface area contributed by atoms with Gasteiger partial charge in [0.2, 0.25) is 0 Å². The highest BCUT2D eigenvalue weighted by Crippen LogP contribution is 2.52. The van der Waals surface area contributed by atoms with Gasteiger partial charge in [-0.2, -0.15) is 0 Å². The largest absolute Gasteiger partial charge is 0.311 e. The van der Waals surface area contributed by atoms with E-state index >= 15 is 0 Å². The number of aromatic nitrogens is 1. The molecule has 0 fully saturated rings. The van der Waals surface area contributed by atoms with Crippen molar-refractivity contribution < 1.29 is 0 Å². The van der Waals surface area contributed by atoms with Gasteiger partial charge in [-0.25, -0.2) is 0 Å². The molecule has 4 aliphatic rings. The summed E-state index contributed by atoms with van der Waals surface area (Å²) in [5.41, 5.74) is 35.9. The summed E-state index contributed by atoms with van der Waals surface area (Å²) < 4.78 is 2.56. The van der Waals surface area contributed by atoms with Gasteiger partial charge in [0.25, 0.3) is 6.71 Å². The Morgan fingerprint density at radius 1 is 0.265 bits per heavy atom. The van der Waals surface area contributed by atoms with Crippen LogP contribution in [0, 0.1) is 0 Å². The quantitative estimate of drug-likeness (QED) is 0.147. The predicted molar refractivity (Wildman–Crippen MR) is 442 cm³/mol. The van der Waals surface area contributed by atoms with E-state index in [1.165, 1.54) is 176 Å². The molecule has 12 aromatic rings. The Morgan fingerprint density at radius 2 is 0.608 bits per heavy atom. The van der Waals surface area contributed by atoms with Gasteiger partial charge in [0, 0.05) is 50.6 Å². The molecular weight excluding hydrogens is 1230 g/mol. The highest BCUT2D eigenvalue weighted by Gasteiger charge is 2.45. The first kappa shape index (κ1) is 67.4. The highest BCUT2D eigenvalue weighted by molar-refractivity contribution is 7.00. The van der Waals surface area contributed by atoms with Gasteiger partial charge in [0.05, 0.1) is 11.0 Å². The fourth-order valence-electron chi connectivity index (χ4n) is 17.7. The van der Waals surface area contributed by atoms with Crippen molar-refractivity contribution in [3.05, 3.63) is 263 Å². The third-order valence-electron chi connectivity index (χ3n) is 24.6. The van der Waals surface area contributed by atoms with Crippen molar-refractivity contribution >= 4 is 79.0 Å². The van der Waals surface area contributed by atoms with Crippen LogP contribution in [0.1, 0.15) is 209 Å². The minimum Gasteiger partial charge on any atom is -0.311 e. The lowest BCUT2D eigenvalue weighted by molar-refractivity contribution is 0.332. The Morgan fingerprint density at radius 3 is 1.03 bits per heavy atom. The molecule has 16 rings (SSSR count). The van der Waals surface area contributed by atoms with Gasteiger partial charge in [-0.15, -0.1) is 0 Å². The highest BCUT2D eigenvalue weighted by atomic mass is 15.2. The second kappa shape index (κ2) is 23.2. The maximum absolute atomic E-state index is 2.65. The fraction of sp³-hybridized carbons (Fsp3) is 0.327. The minimum atomic E-state index is -0.140. The summed E-state index contributed by atoms with van der Waals surface area (Å²) in [6.07, 6.45) is 4.74. The number of fused-ring (bicyclic) bond motifs is 9. The Hall–Kier alpha value is -9.12. The first-order valence-electron chi connectivity index (χ1n) is 37.9. The molecule has 0 spiro atoms. The zero-order chi connectivity index (χ0) is 71.9. The summed E-state index contributed by atoms with van der Waals surface area (Å²) in [7, 11) is 0. The van der Waals surface area contributed by atoms with E-state index in [1.807, 2.05) is 0 Å². The van der Waals surface area contributed by atoms with Crippen molar-refractivity contribution in [1.82, 2.24) is 4.57 Å². The third-order valence-corrected chi connectivity index (χ3v) is 24.6. The number of hydrogen-bond donors (Lipinski definition) is 0. The van der Waals surface area contributed by atoms with Crippen LogP contribution >= 0.6 is 0 Å². The maximum Gasteiger partial charge on any atom is 0.252 e. The third kappa shape index (κ3) is 11.3. The SMILES string of the molecule is CC(C)(C)c1ccc(-c2ccc3c(c2)B2c4ccc(-n5c6ccc(C(C)(C)C)cc6c6cc(C(C)(C)C)ccc65)cc4N(c4ccc(-c5ccc6c(c5)C(C)(C)CCC6(C)C)cc4)c4cc(-c5ccc(C(C)(C)C)cc5)cc(c42)N3c2ccc(-c3ccc4c(c3)C(C)(C)CCC4(C)C)cc2)cc1. The predicted octanol–water partition coefficient (Wildman–Crippen LogP) is 25.4. The molecule has 11 aromatic carbocycles. The van der Waals surface area contributed by atoms with Gasteiger partial charge < -0.3 is 14.4 Å². The molecule has 0 N–H and O–H groups in total. The summed E-state index contributed by atoms with van der Waals surface area (Å²) in [4.78, 5) is 5.26. The number of anilines is 6. The molecule has 3 nitrogen and oxygen atoms in total. The number of rotatable bonds is 7. The molecule has 0 unspecified atom stereocenters. The van der Waals surface area contributed by atoms with Crippen LogP contribution in [0.2, 0.25) is 0 Å². The molecule has 0 atom stereocenters. The van der Waals surface area contributed by atoms with E-state index in [9.17, 15) is 0 Å². The first-order valence-corrected chi connectivity index (χ1v) is 37.9. The smallest absolute Gasteiger partial charge is 0.252 e. The van der Waals surface area contributed by atoms with Gasteiger partial charge in [-0.05, 0) is 253 Å². The van der Waals surface area contributed by atoms with Crippen molar-refractivity contribution in [3.8, 4) is 50.2 Å². The molecule has 0 amide bonds. The molecule has 4 heteroatoms. The zero-order valence-electron chi connectivity index (χ0n) is 64.5. The van der Waals surface area contributed by atoms with E-state index < -0.39 is 0 Å².